The predicted molar refractivity (Wildman–Crippen MR) is 95.3 cm³/mol. The van der Waals surface area contributed by atoms with Crippen LogP contribution in [-0.4, -0.2) is 60.6 Å². The van der Waals surface area contributed by atoms with Crippen LogP contribution >= 0.6 is 0 Å². The molecule has 132 valence electrons. The Bertz CT molecular complexity index is 606. The van der Waals surface area contributed by atoms with Gasteiger partial charge < -0.3 is 15.0 Å². The van der Waals surface area contributed by atoms with Crippen LogP contribution < -0.4 is 5.32 Å². The molecule has 1 aromatic carbocycles. The molecule has 7 heteroatoms. The van der Waals surface area contributed by atoms with E-state index in [1.807, 2.05) is 37.3 Å². The van der Waals surface area contributed by atoms with Gasteiger partial charge in [-0.15, -0.1) is 0 Å². The molecule has 1 heterocycles. The third kappa shape index (κ3) is 4.56. The third-order valence-corrected chi connectivity index (χ3v) is 5.58. The van der Waals surface area contributed by atoms with Crippen LogP contribution in [-0.2, 0) is 20.3 Å². The van der Waals surface area contributed by atoms with E-state index in [1.54, 1.807) is 7.05 Å². The molecule has 0 saturated carbocycles. The molecule has 3 atom stereocenters. The van der Waals surface area contributed by atoms with Crippen molar-refractivity contribution in [2.24, 2.45) is 16.8 Å². The summed E-state index contributed by atoms with van der Waals surface area (Å²) in [6.07, 6.45) is 0. The second-order valence-corrected chi connectivity index (χ2v) is 7.42. The molecule has 0 bridgehead atoms. The Labute approximate surface area is 145 Å². The SMILES string of the molecule is CN=C(NCCS(=O)c1ccccc1)N1CC(C)C(C(=O)OC)C1. The van der Waals surface area contributed by atoms with Gasteiger partial charge in [0.25, 0.3) is 0 Å². The molecule has 0 spiro atoms. The maximum atomic E-state index is 12.2. The van der Waals surface area contributed by atoms with Gasteiger partial charge in [-0.1, -0.05) is 25.1 Å². The molecule has 1 N–H and O–H groups in total. The average molecular weight is 351 g/mol. The molecule has 0 radical (unpaired) electrons. The number of guanidine groups is 1. The van der Waals surface area contributed by atoms with E-state index in [2.05, 4.69) is 15.2 Å². The van der Waals surface area contributed by atoms with Crippen molar-refractivity contribution in [2.45, 2.75) is 11.8 Å². The van der Waals surface area contributed by atoms with Crippen LogP contribution in [0.3, 0.4) is 0 Å². The van der Waals surface area contributed by atoms with Crippen LogP contribution in [0.25, 0.3) is 0 Å². The van der Waals surface area contributed by atoms with E-state index < -0.39 is 10.8 Å². The summed E-state index contributed by atoms with van der Waals surface area (Å²) in [5.41, 5.74) is 0. The van der Waals surface area contributed by atoms with Gasteiger partial charge in [-0.2, -0.15) is 0 Å². The first-order chi connectivity index (χ1) is 11.6. The number of methoxy groups -OCH3 is 1. The number of benzene rings is 1. The highest BCUT2D eigenvalue weighted by atomic mass is 32.2. The minimum Gasteiger partial charge on any atom is -0.469 e. The van der Waals surface area contributed by atoms with Crippen LogP contribution in [0, 0.1) is 11.8 Å². The Kier molecular flexibility index (Phi) is 6.78. The Morgan fingerprint density at radius 1 is 1.38 bits per heavy atom. The lowest BCUT2D eigenvalue weighted by atomic mass is 9.99. The van der Waals surface area contributed by atoms with Crippen LogP contribution in [0.5, 0.6) is 0 Å². The lowest BCUT2D eigenvalue weighted by molar-refractivity contribution is -0.145. The molecular weight excluding hydrogens is 326 g/mol. The molecule has 0 aliphatic carbocycles. The second kappa shape index (κ2) is 8.82. The van der Waals surface area contributed by atoms with Crippen LogP contribution in [0.2, 0.25) is 0 Å². The Morgan fingerprint density at radius 3 is 2.71 bits per heavy atom. The Balaban J connectivity index is 1.85. The quantitative estimate of drug-likeness (QED) is 0.489. The molecule has 3 unspecified atom stereocenters. The number of nitrogens with one attached hydrogen (secondary N) is 1. The average Bonchev–Trinajstić information content (AvgIpc) is 3.00. The molecule has 1 saturated heterocycles. The summed E-state index contributed by atoms with van der Waals surface area (Å²) in [6, 6.07) is 9.42. The van der Waals surface area contributed by atoms with Crippen molar-refractivity contribution in [3.63, 3.8) is 0 Å². The van der Waals surface area contributed by atoms with Crippen molar-refractivity contribution in [2.75, 3.05) is 39.5 Å². The van der Waals surface area contributed by atoms with Crippen molar-refractivity contribution in [3.8, 4) is 0 Å². The Morgan fingerprint density at radius 2 is 2.08 bits per heavy atom. The van der Waals surface area contributed by atoms with Crippen molar-refractivity contribution in [1.82, 2.24) is 10.2 Å². The summed E-state index contributed by atoms with van der Waals surface area (Å²) in [4.78, 5) is 18.9. The molecule has 1 aliphatic heterocycles. The van der Waals surface area contributed by atoms with Gasteiger partial charge in [0.15, 0.2) is 5.96 Å². The van der Waals surface area contributed by atoms with Gasteiger partial charge in [-0.05, 0) is 18.1 Å². The molecule has 0 amide bonds. The summed E-state index contributed by atoms with van der Waals surface area (Å²) in [5, 5.41) is 3.24. The smallest absolute Gasteiger partial charge is 0.310 e. The van der Waals surface area contributed by atoms with Gasteiger partial charge in [0, 0.05) is 37.3 Å². The van der Waals surface area contributed by atoms with Crippen LogP contribution in [0.1, 0.15) is 6.92 Å². The van der Waals surface area contributed by atoms with E-state index in [9.17, 15) is 9.00 Å². The first kappa shape index (κ1) is 18.4. The molecule has 2 rings (SSSR count). The number of hydrogen-bond acceptors (Lipinski definition) is 4. The van der Waals surface area contributed by atoms with Gasteiger partial charge in [-0.3, -0.25) is 14.0 Å². The van der Waals surface area contributed by atoms with Crippen molar-refractivity contribution >= 4 is 22.7 Å². The summed E-state index contributed by atoms with van der Waals surface area (Å²) >= 11 is 0. The third-order valence-electron chi connectivity index (χ3n) is 4.20. The summed E-state index contributed by atoms with van der Waals surface area (Å²) < 4.78 is 17.1. The van der Waals surface area contributed by atoms with Gasteiger partial charge >= 0.3 is 5.97 Å². The molecule has 6 nitrogen and oxygen atoms in total. The molecule has 24 heavy (non-hydrogen) atoms. The van der Waals surface area contributed by atoms with E-state index in [0.717, 1.165) is 17.4 Å². The van der Waals surface area contributed by atoms with Gasteiger partial charge in [0.2, 0.25) is 0 Å². The second-order valence-electron chi connectivity index (χ2n) is 5.85. The predicted octanol–water partition coefficient (Wildman–Crippen LogP) is 1.11. The van der Waals surface area contributed by atoms with E-state index >= 15 is 0 Å². The van der Waals surface area contributed by atoms with Gasteiger partial charge in [0.05, 0.1) is 23.8 Å². The minimum absolute atomic E-state index is 0.132. The first-order valence-electron chi connectivity index (χ1n) is 8.03. The topological polar surface area (TPSA) is 71.0 Å². The molecule has 0 aromatic heterocycles. The largest absolute Gasteiger partial charge is 0.469 e. The summed E-state index contributed by atoms with van der Waals surface area (Å²) in [5.74, 6) is 1.15. The van der Waals surface area contributed by atoms with Crippen LogP contribution in [0.4, 0.5) is 0 Å². The number of hydrogen-bond donors (Lipinski definition) is 1. The first-order valence-corrected chi connectivity index (χ1v) is 9.35. The zero-order valence-electron chi connectivity index (χ0n) is 14.4. The van der Waals surface area contributed by atoms with E-state index in [-0.39, 0.29) is 17.8 Å². The number of likely N-dealkylation sites (tertiary alicyclic amines) is 1. The summed E-state index contributed by atoms with van der Waals surface area (Å²) in [6.45, 7) is 3.94. The lowest BCUT2D eigenvalue weighted by Crippen LogP contribution is -2.42. The number of carbonyl (C=O) groups is 1. The van der Waals surface area contributed by atoms with E-state index in [1.165, 1.54) is 7.11 Å². The fourth-order valence-electron chi connectivity index (χ4n) is 2.88. The number of esters is 1. The molecule has 1 fully saturated rings. The number of aliphatic imine (C=N–C) groups is 1. The monoisotopic (exact) mass is 351 g/mol. The molecular formula is C17H25N3O3S. The number of carbonyl (C=O) groups excluding carboxylic acids is 1. The normalized spacial score (nSPS) is 22.3. The van der Waals surface area contributed by atoms with Crippen LogP contribution in [0.15, 0.2) is 40.2 Å². The number of rotatable bonds is 5. The van der Waals surface area contributed by atoms with E-state index in [4.69, 9.17) is 4.74 Å². The van der Waals surface area contributed by atoms with Crippen molar-refractivity contribution in [3.05, 3.63) is 30.3 Å². The zero-order valence-corrected chi connectivity index (χ0v) is 15.2. The number of nitrogens with zero attached hydrogens (tertiary/aromatic N) is 2. The molecule has 1 aliphatic rings. The fraction of sp³-hybridized carbons (Fsp3) is 0.529. The summed E-state index contributed by atoms with van der Waals surface area (Å²) in [7, 11) is 2.10. The van der Waals surface area contributed by atoms with Gasteiger partial charge in [-0.25, -0.2) is 0 Å². The maximum absolute atomic E-state index is 12.2. The highest BCUT2D eigenvalue weighted by molar-refractivity contribution is 7.85. The highest BCUT2D eigenvalue weighted by Gasteiger charge is 2.36. The zero-order chi connectivity index (χ0) is 17.5. The fourth-order valence-corrected chi connectivity index (χ4v) is 3.86. The van der Waals surface area contributed by atoms with E-state index in [0.29, 0.717) is 18.8 Å². The lowest BCUT2D eigenvalue weighted by Gasteiger charge is -2.21. The maximum Gasteiger partial charge on any atom is 0.310 e. The Hall–Kier alpha value is -1.89. The standard InChI is InChI=1S/C17H25N3O3S/c1-13-11-20(12-15(13)16(21)23-3)17(18-2)19-9-10-24(22)14-7-5-4-6-8-14/h4-8,13,15H,9-12H2,1-3H3,(H,18,19). The minimum atomic E-state index is -1.04. The van der Waals surface area contributed by atoms with Crippen molar-refractivity contribution < 1.29 is 13.7 Å². The highest BCUT2D eigenvalue weighted by Crippen LogP contribution is 2.24. The number of ether oxygens (including phenoxy) is 1. The van der Waals surface area contributed by atoms with Crippen molar-refractivity contribution in [1.29, 1.82) is 0 Å². The molecule has 1 aromatic rings. The van der Waals surface area contributed by atoms with Gasteiger partial charge in [0.1, 0.15) is 0 Å².